The summed E-state index contributed by atoms with van der Waals surface area (Å²) in [6, 6.07) is 0. The molecule has 498 valence electrons. The maximum absolute atomic E-state index is 13.0. The molecule has 2 unspecified atom stereocenters. The first-order valence-electron chi connectivity index (χ1n) is 33.8. The monoisotopic (exact) mass is 1240 g/mol. The van der Waals surface area contributed by atoms with Crippen LogP contribution in [-0.4, -0.2) is 96.7 Å². The lowest BCUT2D eigenvalue weighted by Gasteiger charge is -2.21. The average molecular weight is 1240 g/mol. The molecule has 0 aliphatic heterocycles. The van der Waals surface area contributed by atoms with Gasteiger partial charge in [0.05, 0.1) is 26.4 Å². The molecule has 17 nitrogen and oxygen atoms in total. The van der Waals surface area contributed by atoms with Crippen molar-refractivity contribution in [2.24, 2.45) is 17.8 Å². The molecule has 0 amide bonds. The van der Waals surface area contributed by atoms with Crippen LogP contribution in [0.15, 0.2) is 0 Å². The summed E-state index contributed by atoms with van der Waals surface area (Å²) in [5, 5.41) is 10.5. The number of phosphoric ester groups is 2. The number of carbonyl (C=O) groups excluding carboxylic acids is 4. The minimum Gasteiger partial charge on any atom is -0.462 e. The second-order valence-electron chi connectivity index (χ2n) is 24.9. The van der Waals surface area contributed by atoms with E-state index in [4.69, 9.17) is 37.0 Å². The van der Waals surface area contributed by atoms with Crippen molar-refractivity contribution in [3.8, 4) is 0 Å². The summed E-state index contributed by atoms with van der Waals surface area (Å²) in [5.74, 6) is -0.00891. The van der Waals surface area contributed by atoms with E-state index in [0.717, 1.165) is 102 Å². The Balaban J connectivity index is 5.25. The van der Waals surface area contributed by atoms with E-state index in [-0.39, 0.29) is 25.7 Å². The fourth-order valence-electron chi connectivity index (χ4n) is 9.66. The highest BCUT2D eigenvalue weighted by molar-refractivity contribution is 7.47. The molecule has 0 aromatic heterocycles. The third-order valence-electron chi connectivity index (χ3n) is 14.9. The van der Waals surface area contributed by atoms with Gasteiger partial charge in [-0.1, -0.05) is 267 Å². The van der Waals surface area contributed by atoms with Crippen LogP contribution in [0, 0.1) is 17.8 Å². The van der Waals surface area contributed by atoms with Gasteiger partial charge in [-0.05, 0) is 43.4 Å². The molecule has 0 aliphatic carbocycles. The van der Waals surface area contributed by atoms with Gasteiger partial charge < -0.3 is 33.8 Å². The molecule has 84 heavy (non-hydrogen) atoms. The maximum atomic E-state index is 13.0. The summed E-state index contributed by atoms with van der Waals surface area (Å²) in [6.45, 7) is 11.7. The maximum Gasteiger partial charge on any atom is 0.472 e. The van der Waals surface area contributed by atoms with Crippen molar-refractivity contribution in [3.05, 3.63) is 0 Å². The van der Waals surface area contributed by atoms with E-state index < -0.39 is 97.5 Å². The molecule has 0 saturated heterocycles. The van der Waals surface area contributed by atoms with Crippen molar-refractivity contribution < 1.29 is 80.2 Å². The van der Waals surface area contributed by atoms with Gasteiger partial charge >= 0.3 is 39.5 Å². The first-order valence-corrected chi connectivity index (χ1v) is 36.8. The summed E-state index contributed by atoms with van der Waals surface area (Å²) in [7, 11) is -9.89. The number of rotatable bonds is 63. The highest BCUT2D eigenvalue weighted by atomic mass is 31.2. The Morgan fingerprint density at radius 1 is 0.321 bits per heavy atom. The van der Waals surface area contributed by atoms with E-state index in [9.17, 15) is 43.2 Å². The highest BCUT2D eigenvalue weighted by Crippen LogP contribution is 2.45. The van der Waals surface area contributed by atoms with Gasteiger partial charge in [0.2, 0.25) is 0 Å². The van der Waals surface area contributed by atoms with Crippen LogP contribution < -0.4 is 0 Å². The van der Waals surface area contributed by atoms with E-state index >= 15 is 0 Å². The topological polar surface area (TPSA) is 237 Å². The molecule has 5 atom stereocenters. The van der Waals surface area contributed by atoms with E-state index in [2.05, 4.69) is 48.5 Å². The Kier molecular flexibility index (Phi) is 55.0. The molecule has 0 rings (SSSR count). The van der Waals surface area contributed by atoms with Crippen LogP contribution in [0.2, 0.25) is 0 Å². The van der Waals surface area contributed by atoms with E-state index in [1.165, 1.54) is 122 Å². The molecule has 0 saturated carbocycles. The van der Waals surface area contributed by atoms with Crippen molar-refractivity contribution in [2.75, 3.05) is 39.6 Å². The third-order valence-corrected chi connectivity index (χ3v) is 16.8. The van der Waals surface area contributed by atoms with Crippen LogP contribution in [0.1, 0.15) is 318 Å². The summed E-state index contributed by atoms with van der Waals surface area (Å²) < 4.78 is 68.0. The lowest BCUT2D eigenvalue weighted by molar-refractivity contribution is -0.161. The van der Waals surface area contributed by atoms with E-state index in [1.54, 1.807) is 0 Å². The molecule has 19 heteroatoms. The van der Waals surface area contributed by atoms with Crippen LogP contribution in [0.4, 0.5) is 0 Å². The number of hydrogen-bond donors (Lipinski definition) is 3. The Bertz CT molecular complexity index is 1660. The molecule has 0 bridgehead atoms. The van der Waals surface area contributed by atoms with Gasteiger partial charge in [0.1, 0.15) is 19.3 Å². The number of hydrogen-bond acceptors (Lipinski definition) is 15. The first kappa shape index (κ1) is 82.1. The van der Waals surface area contributed by atoms with Crippen LogP contribution in [0.25, 0.3) is 0 Å². The second kappa shape index (κ2) is 56.3. The van der Waals surface area contributed by atoms with Crippen molar-refractivity contribution in [1.29, 1.82) is 0 Å². The Morgan fingerprint density at radius 2 is 0.548 bits per heavy atom. The van der Waals surface area contributed by atoms with Crippen molar-refractivity contribution in [2.45, 2.75) is 336 Å². The number of carbonyl (C=O) groups is 4. The number of unbranched alkanes of at least 4 members (excludes halogenated alkanes) is 31. The zero-order valence-electron chi connectivity index (χ0n) is 54.4. The predicted molar refractivity (Wildman–Crippen MR) is 335 cm³/mol. The van der Waals surface area contributed by atoms with Crippen LogP contribution in [0.3, 0.4) is 0 Å². The molecular weight excluding hydrogens is 1110 g/mol. The van der Waals surface area contributed by atoms with Crippen molar-refractivity contribution >= 4 is 39.5 Å². The quantitative estimate of drug-likeness (QED) is 0.0222. The normalized spacial score (nSPS) is 14.3. The zero-order chi connectivity index (χ0) is 62.4. The lowest BCUT2D eigenvalue weighted by Crippen LogP contribution is -2.30. The Labute approximate surface area is 511 Å². The number of aliphatic hydroxyl groups excluding tert-OH is 1. The molecule has 0 fully saturated rings. The summed E-state index contributed by atoms with van der Waals surface area (Å²) in [5.41, 5.74) is 0. The Morgan fingerprint density at radius 3 is 0.810 bits per heavy atom. The Hall–Kier alpha value is -1.94. The van der Waals surface area contributed by atoms with Gasteiger partial charge in [0, 0.05) is 25.7 Å². The van der Waals surface area contributed by atoms with Crippen LogP contribution in [-0.2, 0) is 65.4 Å². The van der Waals surface area contributed by atoms with Crippen LogP contribution in [0.5, 0.6) is 0 Å². The third kappa shape index (κ3) is 59.0. The van der Waals surface area contributed by atoms with E-state index in [1.807, 2.05) is 0 Å². The molecule has 0 aliphatic rings. The van der Waals surface area contributed by atoms with Crippen LogP contribution >= 0.6 is 15.6 Å². The van der Waals surface area contributed by atoms with E-state index in [0.29, 0.717) is 37.5 Å². The lowest BCUT2D eigenvalue weighted by atomic mass is 10.0. The van der Waals surface area contributed by atoms with Gasteiger partial charge in [-0.25, -0.2) is 9.13 Å². The van der Waals surface area contributed by atoms with Crippen molar-refractivity contribution in [1.82, 2.24) is 0 Å². The SMILES string of the molecule is CCCCCCCCCCCCCCCC(=O)O[C@H](COC(=O)CCCCCCCCCCC(C)C)COP(=O)(O)OC[C@@H](O)COP(=O)(O)OC[C@@H](COC(=O)CCCCCCCCCC(C)C)OC(=O)CCCCCCCCCC(C)C. The number of esters is 4. The smallest absolute Gasteiger partial charge is 0.462 e. The first-order chi connectivity index (χ1) is 40.2. The fraction of sp³-hybridized carbons (Fsp3) is 0.938. The molecule has 0 heterocycles. The molecule has 0 aromatic rings. The molecule has 0 radical (unpaired) electrons. The van der Waals surface area contributed by atoms with Gasteiger partial charge in [-0.2, -0.15) is 0 Å². The second-order valence-corrected chi connectivity index (χ2v) is 27.8. The standard InChI is InChI=1S/C65H126O17P2/c1-8-9-10-11-12-13-14-15-16-17-26-34-41-48-64(69)81-60(52-75-62(67)46-39-32-25-19-18-22-29-36-43-56(2)3)54-79-83(71,72)77-50-59(66)51-78-84(73,74)80-55-61(82-65(70)49-42-35-28-21-24-31-38-45-58(6)7)53-76-63(68)47-40-33-27-20-23-30-37-44-57(4)5/h56-61,66H,8-55H2,1-7H3,(H,71,72)(H,73,74)/t59-,60-,61-/m1/s1. The van der Waals surface area contributed by atoms with Gasteiger partial charge in [-0.3, -0.25) is 37.3 Å². The minimum absolute atomic E-state index is 0.102. The van der Waals surface area contributed by atoms with Crippen molar-refractivity contribution in [3.63, 3.8) is 0 Å². The summed E-state index contributed by atoms with van der Waals surface area (Å²) >= 11 is 0. The summed E-state index contributed by atoms with van der Waals surface area (Å²) in [6.07, 6.45) is 37.7. The predicted octanol–water partition coefficient (Wildman–Crippen LogP) is 17.9. The fourth-order valence-corrected chi connectivity index (χ4v) is 11.2. The molecule has 0 spiro atoms. The largest absolute Gasteiger partial charge is 0.472 e. The van der Waals surface area contributed by atoms with Gasteiger partial charge in [0.15, 0.2) is 12.2 Å². The highest BCUT2D eigenvalue weighted by Gasteiger charge is 2.30. The zero-order valence-corrected chi connectivity index (χ0v) is 56.1. The molecule has 0 aromatic carbocycles. The molecule has 3 N–H and O–H groups in total. The number of phosphoric acid groups is 2. The molecular formula is C65H126O17P2. The number of aliphatic hydroxyl groups is 1. The van der Waals surface area contributed by atoms with Gasteiger partial charge in [-0.15, -0.1) is 0 Å². The summed E-state index contributed by atoms with van der Waals surface area (Å²) in [4.78, 5) is 72.2. The number of ether oxygens (including phenoxy) is 4. The van der Waals surface area contributed by atoms with Gasteiger partial charge in [0.25, 0.3) is 0 Å². The average Bonchev–Trinajstić information content (AvgIpc) is 3.49. The minimum atomic E-state index is -4.95.